The maximum absolute atomic E-state index is 6.23. The maximum Gasteiger partial charge on any atom is 0.0462 e. The number of unbranched alkanes of at least 4 members (excludes halogenated alkanes) is 1. The lowest BCUT2D eigenvalue weighted by Crippen LogP contribution is -2.38. The number of ether oxygens (including phenoxy) is 1. The van der Waals surface area contributed by atoms with Crippen LogP contribution < -0.4 is 10.6 Å². The molecule has 1 atom stereocenters. The minimum absolute atomic E-state index is 0.215. The molecule has 19 heavy (non-hydrogen) atoms. The van der Waals surface area contributed by atoms with Crippen LogP contribution in [0.5, 0.6) is 0 Å². The van der Waals surface area contributed by atoms with Crippen molar-refractivity contribution in [3.63, 3.8) is 0 Å². The summed E-state index contributed by atoms with van der Waals surface area (Å²) in [5.41, 5.74) is 7.50. The summed E-state index contributed by atoms with van der Waals surface area (Å²) in [6.45, 7) is 5.03. The van der Waals surface area contributed by atoms with Gasteiger partial charge in [-0.25, -0.2) is 0 Å². The highest BCUT2D eigenvalue weighted by Crippen LogP contribution is 2.15. The van der Waals surface area contributed by atoms with Crippen LogP contribution in [0.1, 0.15) is 32.6 Å². The van der Waals surface area contributed by atoms with E-state index < -0.39 is 0 Å². The third-order valence-corrected chi connectivity index (χ3v) is 3.28. The van der Waals surface area contributed by atoms with Crippen LogP contribution in [-0.4, -0.2) is 32.8 Å². The van der Waals surface area contributed by atoms with Gasteiger partial charge in [-0.2, -0.15) is 0 Å². The molecule has 1 aromatic carbocycles. The molecule has 1 unspecified atom stereocenters. The van der Waals surface area contributed by atoms with Gasteiger partial charge in [0, 0.05) is 38.5 Å². The number of nitrogens with two attached hydrogens (primary N) is 1. The van der Waals surface area contributed by atoms with Crippen molar-refractivity contribution in [2.75, 3.05) is 31.7 Å². The smallest absolute Gasteiger partial charge is 0.0462 e. The Balaban J connectivity index is 2.49. The van der Waals surface area contributed by atoms with E-state index in [1.165, 1.54) is 18.5 Å². The average molecular weight is 264 g/mol. The molecule has 0 amide bonds. The van der Waals surface area contributed by atoms with Crippen molar-refractivity contribution >= 4 is 5.69 Å². The van der Waals surface area contributed by atoms with Gasteiger partial charge in [-0.1, -0.05) is 31.5 Å². The van der Waals surface area contributed by atoms with Gasteiger partial charge in [-0.3, -0.25) is 0 Å². The Kier molecular flexibility index (Phi) is 8.26. The summed E-state index contributed by atoms with van der Waals surface area (Å²) in [6, 6.07) is 10.8. The summed E-state index contributed by atoms with van der Waals surface area (Å²) in [7, 11) is 1.74. The van der Waals surface area contributed by atoms with Crippen LogP contribution in [0.25, 0.3) is 0 Å². The quantitative estimate of drug-likeness (QED) is 0.660. The first-order valence-electron chi connectivity index (χ1n) is 7.32. The zero-order valence-electron chi connectivity index (χ0n) is 12.3. The fourth-order valence-corrected chi connectivity index (χ4v) is 2.18. The van der Waals surface area contributed by atoms with Gasteiger partial charge in [0.25, 0.3) is 0 Å². The topological polar surface area (TPSA) is 38.5 Å². The lowest BCUT2D eigenvalue weighted by Gasteiger charge is -2.28. The van der Waals surface area contributed by atoms with E-state index in [1.807, 2.05) is 0 Å². The maximum atomic E-state index is 6.23. The summed E-state index contributed by atoms with van der Waals surface area (Å²) >= 11 is 0. The van der Waals surface area contributed by atoms with E-state index >= 15 is 0 Å². The van der Waals surface area contributed by atoms with E-state index in [0.29, 0.717) is 0 Å². The van der Waals surface area contributed by atoms with Crippen LogP contribution >= 0.6 is 0 Å². The minimum Gasteiger partial charge on any atom is -0.385 e. The molecule has 0 fully saturated rings. The SMILES string of the molecule is CCCCN(CC(N)CCCOC)c1ccccc1. The summed E-state index contributed by atoms with van der Waals surface area (Å²) in [5.74, 6) is 0. The van der Waals surface area contributed by atoms with E-state index in [-0.39, 0.29) is 6.04 Å². The first-order valence-corrected chi connectivity index (χ1v) is 7.32. The van der Waals surface area contributed by atoms with Gasteiger partial charge in [-0.15, -0.1) is 0 Å². The molecule has 0 heterocycles. The Morgan fingerprint density at radius 2 is 1.95 bits per heavy atom. The second-order valence-electron chi connectivity index (χ2n) is 5.03. The Morgan fingerprint density at radius 1 is 1.21 bits per heavy atom. The van der Waals surface area contributed by atoms with Gasteiger partial charge in [0.1, 0.15) is 0 Å². The Bertz CT molecular complexity index is 316. The zero-order chi connectivity index (χ0) is 13.9. The minimum atomic E-state index is 0.215. The standard InChI is InChI=1S/C16H28N2O/c1-3-4-12-18(16-10-6-5-7-11-16)14-15(17)9-8-13-19-2/h5-7,10-11,15H,3-4,8-9,12-14,17H2,1-2H3. The van der Waals surface area contributed by atoms with Crippen LogP contribution in [0, 0.1) is 0 Å². The molecular weight excluding hydrogens is 236 g/mol. The van der Waals surface area contributed by atoms with Crippen LogP contribution in [0.2, 0.25) is 0 Å². The van der Waals surface area contributed by atoms with Crippen LogP contribution in [0.4, 0.5) is 5.69 Å². The molecular formula is C16H28N2O. The number of benzene rings is 1. The summed E-state index contributed by atoms with van der Waals surface area (Å²) in [5, 5.41) is 0. The largest absolute Gasteiger partial charge is 0.385 e. The molecule has 0 saturated heterocycles. The van der Waals surface area contributed by atoms with E-state index in [2.05, 4.69) is 42.2 Å². The van der Waals surface area contributed by atoms with Crippen molar-refractivity contribution in [1.29, 1.82) is 0 Å². The normalized spacial score (nSPS) is 12.4. The number of nitrogens with zero attached hydrogens (tertiary/aromatic N) is 1. The number of rotatable bonds is 10. The lowest BCUT2D eigenvalue weighted by atomic mass is 10.1. The molecule has 0 aliphatic rings. The zero-order valence-corrected chi connectivity index (χ0v) is 12.3. The van der Waals surface area contributed by atoms with Crippen LogP contribution in [0.15, 0.2) is 30.3 Å². The third kappa shape index (κ3) is 6.60. The van der Waals surface area contributed by atoms with Crippen molar-refractivity contribution in [3.8, 4) is 0 Å². The monoisotopic (exact) mass is 264 g/mol. The van der Waals surface area contributed by atoms with Gasteiger partial charge >= 0.3 is 0 Å². The molecule has 0 spiro atoms. The highest BCUT2D eigenvalue weighted by Gasteiger charge is 2.10. The average Bonchev–Trinajstić information content (AvgIpc) is 2.44. The van der Waals surface area contributed by atoms with Gasteiger partial charge < -0.3 is 15.4 Å². The molecule has 2 N–H and O–H groups in total. The van der Waals surface area contributed by atoms with E-state index in [0.717, 1.165) is 32.5 Å². The molecule has 1 aromatic rings. The van der Waals surface area contributed by atoms with Gasteiger partial charge in [-0.05, 0) is 31.4 Å². The predicted molar refractivity (Wildman–Crippen MR) is 82.6 cm³/mol. The second-order valence-corrected chi connectivity index (χ2v) is 5.03. The third-order valence-electron chi connectivity index (χ3n) is 3.28. The lowest BCUT2D eigenvalue weighted by molar-refractivity contribution is 0.190. The van der Waals surface area contributed by atoms with Crippen molar-refractivity contribution in [2.24, 2.45) is 5.73 Å². The van der Waals surface area contributed by atoms with Crippen molar-refractivity contribution in [2.45, 2.75) is 38.6 Å². The number of anilines is 1. The molecule has 3 nitrogen and oxygen atoms in total. The fourth-order valence-electron chi connectivity index (χ4n) is 2.18. The van der Waals surface area contributed by atoms with Gasteiger partial charge in [0.05, 0.1) is 0 Å². The highest BCUT2D eigenvalue weighted by molar-refractivity contribution is 5.46. The van der Waals surface area contributed by atoms with Crippen LogP contribution in [0.3, 0.4) is 0 Å². The summed E-state index contributed by atoms with van der Waals surface area (Å²) in [4.78, 5) is 2.40. The van der Waals surface area contributed by atoms with E-state index in [9.17, 15) is 0 Å². The Labute approximate surface area is 117 Å². The molecule has 0 saturated carbocycles. The molecule has 108 valence electrons. The first-order chi connectivity index (χ1) is 9.27. The van der Waals surface area contributed by atoms with E-state index in [1.54, 1.807) is 7.11 Å². The summed E-state index contributed by atoms with van der Waals surface area (Å²) in [6.07, 6.45) is 4.47. The number of methoxy groups -OCH3 is 1. The highest BCUT2D eigenvalue weighted by atomic mass is 16.5. The predicted octanol–water partition coefficient (Wildman–Crippen LogP) is 3.05. The number of para-hydroxylation sites is 1. The Hall–Kier alpha value is -1.06. The number of hydrogen-bond acceptors (Lipinski definition) is 3. The molecule has 0 bridgehead atoms. The van der Waals surface area contributed by atoms with Crippen molar-refractivity contribution in [3.05, 3.63) is 30.3 Å². The van der Waals surface area contributed by atoms with Crippen LogP contribution in [-0.2, 0) is 4.74 Å². The van der Waals surface area contributed by atoms with Gasteiger partial charge in [0.2, 0.25) is 0 Å². The Morgan fingerprint density at radius 3 is 2.58 bits per heavy atom. The number of hydrogen-bond donors (Lipinski definition) is 1. The second kappa shape index (κ2) is 9.82. The molecule has 1 rings (SSSR count). The molecule has 0 radical (unpaired) electrons. The van der Waals surface area contributed by atoms with E-state index in [4.69, 9.17) is 10.5 Å². The molecule has 0 aliphatic carbocycles. The fraction of sp³-hybridized carbons (Fsp3) is 0.625. The first kappa shape index (κ1) is 16.0. The molecule has 0 aromatic heterocycles. The van der Waals surface area contributed by atoms with Crippen molar-refractivity contribution < 1.29 is 4.74 Å². The molecule has 3 heteroatoms. The summed E-state index contributed by atoms with van der Waals surface area (Å²) < 4.78 is 5.08. The molecule has 0 aliphatic heterocycles. The van der Waals surface area contributed by atoms with Gasteiger partial charge in [0.15, 0.2) is 0 Å². The van der Waals surface area contributed by atoms with Crippen molar-refractivity contribution in [1.82, 2.24) is 0 Å².